The molecule has 8 heavy (non-hydrogen) atoms. The van der Waals surface area contributed by atoms with Crippen LogP contribution in [0.1, 0.15) is 6.42 Å². The van der Waals surface area contributed by atoms with E-state index in [1.807, 2.05) is 0 Å². The molecule has 0 atom stereocenters. The molecule has 0 fully saturated rings. The van der Waals surface area contributed by atoms with E-state index in [9.17, 15) is 4.79 Å². The molecule has 0 aromatic rings. The average molecular weight is 116 g/mol. The van der Waals surface area contributed by atoms with Crippen molar-refractivity contribution in [3.05, 3.63) is 0 Å². The number of hydrogen-bond donors (Lipinski definition) is 2. The molecule has 0 aliphatic heterocycles. The molecule has 3 N–H and O–H groups in total. The smallest absolute Gasteiger partial charge is 0.404 e. The average Bonchev–Trinajstić information content (AvgIpc) is 1.66. The second-order valence-electron chi connectivity index (χ2n) is 1.16. The van der Waals surface area contributed by atoms with Crippen LogP contribution in [0.4, 0.5) is 4.79 Å². The van der Waals surface area contributed by atoms with E-state index in [-0.39, 0.29) is 6.61 Å². The van der Waals surface area contributed by atoms with Crippen LogP contribution in [-0.4, -0.2) is 18.9 Å². The molecule has 46 valence electrons. The van der Waals surface area contributed by atoms with E-state index >= 15 is 0 Å². The summed E-state index contributed by atoms with van der Waals surface area (Å²) in [5.41, 5.74) is 4.60. The minimum atomic E-state index is -0.785. The lowest BCUT2D eigenvalue weighted by molar-refractivity contribution is 0.160. The van der Waals surface area contributed by atoms with Crippen molar-refractivity contribution >= 4 is 12.3 Å². The summed E-state index contributed by atoms with van der Waals surface area (Å²) in [6, 6.07) is 0. The van der Waals surface area contributed by atoms with Crippen molar-refractivity contribution in [2.45, 2.75) is 6.42 Å². The van der Waals surface area contributed by atoms with Crippen molar-refractivity contribution in [1.29, 1.82) is 5.41 Å². The van der Waals surface area contributed by atoms with Gasteiger partial charge in [0, 0.05) is 6.42 Å². The Balaban J connectivity index is 2.93. The first-order valence-electron chi connectivity index (χ1n) is 2.18. The molecule has 0 heterocycles. The normalized spacial score (nSPS) is 8.00. The Morgan fingerprint density at radius 1 is 1.88 bits per heavy atom. The third kappa shape index (κ3) is 4.94. The number of rotatable bonds is 3. The predicted molar refractivity (Wildman–Crippen MR) is 28.9 cm³/mol. The summed E-state index contributed by atoms with van der Waals surface area (Å²) in [5.74, 6) is 0. The summed E-state index contributed by atoms with van der Waals surface area (Å²) in [4.78, 5) is 9.80. The van der Waals surface area contributed by atoms with Crippen molar-refractivity contribution in [2.75, 3.05) is 6.61 Å². The first kappa shape index (κ1) is 6.94. The number of nitrogens with two attached hydrogens (primary N) is 1. The summed E-state index contributed by atoms with van der Waals surface area (Å²) < 4.78 is 4.27. The van der Waals surface area contributed by atoms with Crippen molar-refractivity contribution < 1.29 is 9.53 Å². The maximum absolute atomic E-state index is 9.80. The van der Waals surface area contributed by atoms with E-state index in [2.05, 4.69) is 10.5 Å². The number of nitrogens with one attached hydrogen (secondary N) is 1. The minimum absolute atomic E-state index is 0.207. The van der Waals surface area contributed by atoms with Gasteiger partial charge in [-0.15, -0.1) is 0 Å². The quantitative estimate of drug-likeness (QED) is 0.406. The molecule has 1 amide bonds. The molecule has 0 bridgehead atoms. The van der Waals surface area contributed by atoms with Crippen LogP contribution in [-0.2, 0) is 4.74 Å². The van der Waals surface area contributed by atoms with Crippen LogP contribution >= 0.6 is 0 Å². The zero-order valence-corrected chi connectivity index (χ0v) is 4.39. The molecule has 0 aromatic heterocycles. The first-order chi connectivity index (χ1) is 3.77. The lowest BCUT2D eigenvalue weighted by atomic mass is 10.5. The van der Waals surface area contributed by atoms with Crippen molar-refractivity contribution in [1.82, 2.24) is 0 Å². The zero-order chi connectivity index (χ0) is 6.41. The van der Waals surface area contributed by atoms with Gasteiger partial charge in [-0.05, 0) is 6.21 Å². The largest absolute Gasteiger partial charge is 0.449 e. The van der Waals surface area contributed by atoms with Crippen LogP contribution in [0.25, 0.3) is 0 Å². The van der Waals surface area contributed by atoms with Gasteiger partial charge in [0.1, 0.15) is 0 Å². The van der Waals surface area contributed by atoms with Gasteiger partial charge < -0.3 is 15.9 Å². The molecule has 0 saturated carbocycles. The van der Waals surface area contributed by atoms with Crippen molar-refractivity contribution in [2.24, 2.45) is 5.73 Å². The van der Waals surface area contributed by atoms with Gasteiger partial charge in [-0.2, -0.15) is 0 Å². The van der Waals surface area contributed by atoms with Gasteiger partial charge in [-0.25, -0.2) is 4.79 Å². The van der Waals surface area contributed by atoms with Gasteiger partial charge in [0.15, 0.2) is 0 Å². The highest BCUT2D eigenvalue weighted by atomic mass is 16.5. The molecule has 4 heteroatoms. The van der Waals surface area contributed by atoms with E-state index in [0.717, 1.165) is 6.21 Å². The highest BCUT2D eigenvalue weighted by Crippen LogP contribution is 1.75. The van der Waals surface area contributed by atoms with Crippen molar-refractivity contribution in [3.63, 3.8) is 0 Å². The Morgan fingerprint density at radius 3 is 2.88 bits per heavy atom. The van der Waals surface area contributed by atoms with Gasteiger partial charge in [0.05, 0.1) is 6.61 Å². The molecule has 0 aliphatic carbocycles. The number of hydrogen-bond acceptors (Lipinski definition) is 3. The van der Waals surface area contributed by atoms with Crippen LogP contribution in [0.3, 0.4) is 0 Å². The lowest BCUT2D eigenvalue weighted by Crippen LogP contribution is -2.13. The van der Waals surface area contributed by atoms with E-state index in [1.165, 1.54) is 0 Å². The van der Waals surface area contributed by atoms with Crippen molar-refractivity contribution in [3.8, 4) is 0 Å². The van der Waals surface area contributed by atoms with Gasteiger partial charge >= 0.3 is 6.09 Å². The molecule has 0 radical (unpaired) electrons. The highest BCUT2D eigenvalue weighted by molar-refractivity contribution is 5.65. The Hall–Kier alpha value is -1.06. The molecule has 0 aromatic carbocycles. The number of carbonyl (C=O) groups is 1. The number of ether oxygens (including phenoxy) is 1. The predicted octanol–water partition coefficient (Wildman–Crippen LogP) is 0.121. The lowest BCUT2D eigenvalue weighted by Gasteiger charge is -1.93. The number of primary amides is 1. The number of amides is 1. The fourth-order valence-electron chi connectivity index (χ4n) is 0.218. The highest BCUT2D eigenvalue weighted by Gasteiger charge is 1.87. The maximum atomic E-state index is 9.80. The van der Waals surface area contributed by atoms with E-state index in [0.29, 0.717) is 6.42 Å². The SMILES string of the molecule is N=CCCOC(N)=O. The molecule has 0 spiro atoms. The molecular weight excluding hydrogens is 108 g/mol. The second-order valence-corrected chi connectivity index (χ2v) is 1.16. The fourth-order valence-corrected chi connectivity index (χ4v) is 0.218. The Bertz CT molecular complexity index is 92.0. The summed E-state index contributed by atoms with van der Waals surface area (Å²) in [6.07, 6.45) is 0.804. The van der Waals surface area contributed by atoms with Crippen LogP contribution in [0.15, 0.2) is 0 Å². The fraction of sp³-hybridized carbons (Fsp3) is 0.500. The van der Waals surface area contributed by atoms with Crippen LogP contribution < -0.4 is 5.73 Å². The minimum Gasteiger partial charge on any atom is -0.449 e. The van der Waals surface area contributed by atoms with Gasteiger partial charge in [-0.3, -0.25) is 0 Å². The first-order valence-corrected chi connectivity index (χ1v) is 2.18. The summed E-state index contributed by atoms with van der Waals surface area (Å²) in [7, 11) is 0. The van der Waals surface area contributed by atoms with Crippen LogP contribution in [0.5, 0.6) is 0 Å². The third-order valence-corrected chi connectivity index (χ3v) is 0.507. The molecule has 0 unspecified atom stereocenters. The summed E-state index contributed by atoms with van der Waals surface area (Å²) >= 11 is 0. The van der Waals surface area contributed by atoms with Crippen LogP contribution in [0.2, 0.25) is 0 Å². The molecule has 0 aliphatic rings. The molecule has 0 rings (SSSR count). The van der Waals surface area contributed by atoms with E-state index in [1.54, 1.807) is 0 Å². The molecule has 4 nitrogen and oxygen atoms in total. The topological polar surface area (TPSA) is 76.2 Å². The Labute approximate surface area is 47.1 Å². The van der Waals surface area contributed by atoms with Gasteiger partial charge in [-0.1, -0.05) is 0 Å². The second kappa shape index (κ2) is 4.11. The summed E-state index contributed by atoms with van der Waals surface area (Å²) in [6.45, 7) is 0.207. The molecular formula is C4H8N2O2. The molecule has 0 saturated heterocycles. The summed E-state index contributed by atoms with van der Waals surface area (Å²) in [5, 5.41) is 6.49. The van der Waals surface area contributed by atoms with E-state index < -0.39 is 6.09 Å². The van der Waals surface area contributed by atoms with Gasteiger partial charge in [0.2, 0.25) is 0 Å². The Morgan fingerprint density at radius 2 is 2.50 bits per heavy atom. The Kier molecular flexibility index (Phi) is 3.56. The number of carbonyl (C=O) groups excluding carboxylic acids is 1. The third-order valence-electron chi connectivity index (χ3n) is 0.507. The van der Waals surface area contributed by atoms with Gasteiger partial charge in [0.25, 0.3) is 0 Å². The van der Waals surface area contributed by atoms with E-state index in [4.69, 9.17) is 5.41 Å². The van der Waals surface area contributed by atoms with Crippen LogP contribution in [0, 0.1) is 5.41 Å². The monoisotopic (exact) mass is 116 g/mol. The maximum Gasteiger partial charge on any atom is 0.404 e. The standard InChI is InChI=1S/C4H8N2O2/c5-2-1-3-8-4(6)7/h2,5H,1,3H2,(H2,6,7). The zero-order valence-electron chi connectivity index (χ0n) is 4.39.